The molecule has 0 saturated carbocycles. The van der Waals surface area contributed by atoms with Crippen LogP contribution in [0.2, 0.25) is 0 Å². The highest BCUT2D eigenvalue weighted by molar-refractivity contribution is 9.10. The summed E-state index contributed by atoms with van der Waals surface area (Å²) < 4.78 is 11.9. The Morgan fingerprint density at radius 2 is 1.64 bits per heavy atom. The third-order valence-electron chi connectivity index (χ3n) is 5.76. The van der Waals surface area contributed by atoms with Crippen molar-refractivity contribution in [2.24, 2.45) is 0 Å². The van der Waals surface area contributed by atoms with Crippen molar-refractivity contribution in [3.63, 3.8) is 0 Å². The number of hydrogen-bond acceptors (Lipinski definition) is 6. The number of nitrogens with one attached hydrogen (secondary N) is 1. The number of ether oxygens (including phenoxy) is 2. The summed E-state index contributed by atoms with van der Waals surface area (Å²) in [6.07, 6.45) is 1.51. The molecule has 3 rings (SSSR count). The number of halogens is 1. The number of nitrogens with zero attached hydrogens (tertiary/aromatic N) is 2. The van der Waals surface area contributed by atoms with Gasteiger partial charge in [-0.15, -0.1) is 0 Å². The Labute approximate surface area is 224 Å². The summed E-state index contributed by atoms with van der Waals surface area (Å²) >= 11 is 8.76. The standard InChI is InChI=1S/C26H28BrN3O5S/c1-6-29-24(32)18(25(33)30(7-2)26(29)36)12-17-8-9-21(22(13-17)34-5)35-14-23(31)28-20-11-16(4)15(3)10-19(20)27/h8-13H,6-7,14H2,1-5H3,(H,28,31). The van der Waals surface area contributed by atoms with Gasteiger partial charge in [0.15, 0.2) is 23.2 Å². The summed E-state index contributed by atoms with van der Waals surface area (Å²) in [6, 6.07) is 8.78. The molecule has 3 amide bonds. The molecule has 0 atom stereocenters. The lowest BCUT2D eigenvalue weighted by molar-refractivity contribution is -0.133. The molecule has 1 N–H and O–H groups in total. The van der Waals surface area contributed by atoms with Crippen LogP contribution in [0.25, 0.3) is 6.08 Å². The lowest BCUT2D eigenvalue weighted by Gasteiger charge is -2.35. The zero-order valence-electron chi connectivity index (χ0n) is 20.8. The number of amides is 3. The van der Waals surface area contributed by atoms with Crippen molar-refractivity contribution in [2.45, 2.75) is 27.7 Å². The fraction of sp³-hybridized carbons (Fsp3) is 0.308. The normalized spacial score (nSPS) is 13.7. The molecule has 1 aliphatic rings. The van der Waals surface area contributed by atoms with Gasteiger partial charge >= 0.3 is 0 Å². The first-order chi connectivity index (χ1) is 17.1. The fourth-order valence-electron chi connectivity index (χ4n) is 3.65. The van der Waals surface area contributed by atoms with E-state index in [1.54, 1.807) is 32.0 Å². The smallest absolute Gasteiger partial charge is 0.265 e. The minimum absolute atomic E-state index is 0.0152. The van der Waals surface area contributed by atoms with E-state index >= 15 is 0 Å². The van der Waals surface area contributed by atoms with Crippen LogP contribution in [0.4, 0.5) is 5.69 Å². The summed E-state index contributed by atoms with van der Waals surface area (Å²) in [5, 5.41) is 3.04. The predicted molar refractivity (Wildman–Crippen MR) is 146 cm³/mol. The molecule has 2 aromatic carbocycles. The van der Waals surface area contributed by atoms with Crippen LogP contribution < -0.4 is 14.8 Å². The van der Waals surface area contributed by atoms with Gasteiger partial charge in [0.25, 0.3) is 17.7 Å². The molecule has 2 aromatic rings. The third-order valence-corrected chi connectivity index (χ3v) is 6.86. The van der Waals surface area contributed by atoms with E-state index in [1.807, 2.05) is 26.0 Å². The average molecular weight is 574 g/mol. The second-order valence-electron chi connectivity index (χ2n) is 8.10. The van der Waals surface area contributed by atoms with Crippen LogP contribution >= 0.6 is 28.1 Å². The summed E-state index contributed by atoms with van der Waals surface area (Å²) in [6.45, 7) is 8.05. The van der Waals surface area contributed by atoms with Gasteiger partial charge in [-0.2, -0.15) is 0 Å². The molecule has 0 aromatic heterocycles. The third kappa shape index (κ3) is 5.76. The molecule has 0 spiro atoms. The van der Waals surface area contributed by atoms with Crippen molar-refractivity contribution in [3.05, 3.63) is 57.1 Å². The fourth-order valence-corrected chi connectivity index (χ4v) is 4.63. The molecular weight excluding hydrogens is 546 g/mol. The zero-order chi connectivity index (χ0) is 26.6. The number of aryl methyl sites for hydroxylation is 2. The van der Waals surface area contributed by atoms with Crippen LogP contribution in [0.5, 0.6) is 11.5 Å². The predicted octanol–water partition coefficient (Wildman–Crippen LogP) is 4.47. The van der Waals surface area contributed by atoms with Gasteiger partial charge in [-0.05, 0) is 103 Å². The van der Waals surface area contributed by atoms with Crippen molar-refractivity contribution in [1.82, 2.24) is 9.80 Å². The largest absolute Gasteiger partial charge is 0.493 e. The number of anilines is 1. The molecule has 1 saturated heterocycles. The highest BCUT2D eigenvalue weighted by atomic mass is 79.9. The van der Waals surface area contributed by atoms with Crippen molar-refractivity contribution in [2.75, 3.05) is 32.1 Å². The monoisotopic (exact) mass is 573 g/mol. The topological polar surface area (TPSA) is 88.2 Å². The Balaban J connectivity index is 1.77. The molecule has 36 heavy (non-hydrogen) atoms. The van der Waals surface area contributed by atoms with E-state index < -0.39 is 11.8 Å². The van der Waals surface area contributed by atoms with Gasteiger partial charge in [-0.1, -0.05) is 6.07 Å². The maximum Gasteiger partial charge on any atom is 0.265 e. The Hall–Kier alpha value is -3.24. The number of hydrogen-bond donors (Lipinski definition) is 1. The van der Waals surface area contributed by atoms with E-state index in [0.29, 0.717) is 35.8 Å². The van der Waals surface area contributed by atoms with Crippen molar-refractivity contribution in [3.8, 4) is 11.5 Å². The summed E-state index contributed by atoms with van der Waals surface area (Å²) in [4.78, 5) is 41.0. The minimum Gasteiger partial charge on any atom is -0.493 e. The highest BCUT2D eigenvalue weighted by Crippen LogP contribution is 2.30. The molecule has 190 valence electrons. The van der Waals surface area contributed by atoms with Crippen molar-refractivity contribution >= 4 is 62.7 Å². The molecule has 1 fully saturated rings. The van der Waals surface area contributed by atoms with Gasteiger partial charge in [0.1, 0.15) is 5.57 Å². The number of benzene rings is 2. The molecule has 1 aliphatic heterocycles. The summed E-state index contributed by atoms with van der Waals surface area (Å²) in [7, 11) is 1.47. The van der Waals surface area contributed by atoms with Gasteiger partial charge in [0.05, 0.1) is 12.8 Å². The highest BCUT2D eigenvalue weighted by Gasteiger charge is 2.37. The summed E-state index contributed by atoms with van der Waals surface area (Å²) in [5.41, 5.74) is 3.41. The summed E-state index contributed by atoms with van der Waals surface area (Å²) in [5.74, 6) is -0.505. The number of likely N-dealkylation sites (N-methyl/N-ethyl adjacent to an activating group) is 2. The molecule has 0 aliphatic carbocycles. The minimum atomic E-state index is -0.439. The first-order valence-corrected chi connectivity index (χ1v) is 12.6. The first-order valence-electron chi connectivity index (χ1n) is 11.4. The number of carbonyl (C=O) groups is 3. The lowest BCUT2D eigenvalue weighted by Crippen LogP contribution is -2.55. The average Bonchev–Trinajstić information content (AvgIpc) is 2.84. The molecular formula is C26H28BrN3O5S. The van der Waals surface area contributed by atoms with Gasteiger partial charge in [-0.3, -0.25) is 24.2 Å². The molecule has 0 bridgehead atoms. The first kappa shape index (κ1) is 27.3. The second-order valence-corrected chi connectivity index (χ2v) is 9.32. The number of thiocarbonyl (C=S) groups is 1. The van der Waals surface area contributed by atoms with Crippen molar-refractivity contribution < 1.29 is 23.9 Å². The quantitative estimate of drug-likeness (QED) is 0.285. The van der Waals surface area contributed by atoms with Crippen LogP contribution in [0.3, 0.4) is 0 Å². The SMILES string of the molecule is CCN1C(=O)C(=Cc2ccc(OCC(=O)Nc3cc(C)c(C)cc3Br)c(OC)c2)C(=O)N(CC)C1=S. The number of methoxy groups -OCH3 is 1. The van der Waals surface area contributed by atoms with Gasteiger partial charge < -0.3 is 14.8 Å². The van der Waals surface area contributed by atoms with Crippen molar-refractivity contribution in [1.29, 1.82) is 0 Å². The van der Waals surface area contributed by atoms with Gasteiger partial charge in [0, 0.05) is 17.6 Å². The molecule has 0 radical (unpaired) electrons. The van der Waals surface area contributed by atoms with Gasteiger partial charge in [-0.25, -0.2) is 0 Å². The molecule has 10 heteroatoms. The van der Waals surface area contributed by atoms with Gasteiger partial charge in [0.2, 0.25) is 0 Å². The van der Waals surface area contributed by atoms with Crippen LogP contribution in [-0.4, -0.2) is 59.4 Å². The Bertz CT molecular complexity index is 1230. The lowest BCUT2D eigenvalue weighted by atomic mass is 10.1. The van der Waals surface area contributed by atoms with E-state index in [0.717, 1.165) is 15.6 Å². The number of carbonyl (C=O) groups excluding carboxylic acids is 3. The van der Waals surface area contributed by atoms with E-state index in [-0.39, 0.29) is 23.2 Å². The molecule has 8 nitrogen and oxygen atoms in total. The zero-order valence-corrected chi connectivity index (χ0v) is 23.2. The molecule has 0 unspecified atom stereocenters. The Morgan fingerprint density at radius 1 is 1.03 bits per heavy atom. The Kier molecular flexibility index (Phi) is 8.86. The Morgan fingerprint density at radius 3 is 2.22 bits per heavy atom. The molecule has 1 heterocycles. The maximum atomic E-state index is 12.9. The second kappa shape index (κ2) is 11.7. The van der Waals surface area contributed by atoms with Crippen LogP contribution in [0.1, 0.15) is 30.5 Å². The van der Waals surface area contributed by atoms with Crippen LogP contribution in [0, 0.1) is 13.8 Å². The van der Waals surface area contributed by atoms with E-state index in [4.69, 9.17) is 21.7 Å². The van der Waals surface area contributed by atoms with E-state index in [1.165, 1.54) is 23.0 Å². The number of rotatable bonds is 8. The van der Waals surface area contributed by atoms with Crippen LogP contribution in [-0.2, 0) is 14.4 Å². The van der Waals surface area contributed by atoms with E-state index in [9.17, 15) is 14.4 Å². The van der Waals surface area contributed by atoms with Crippen LogP contribution in [0.15, 0.2) is 40.4 Å². The maximum absolute atomic E-state index is 12.9. The van der Waals surface area contributed by atoms with E-state index in [2.05, 4.69) is 21.2 Å².